The summed E-state index contributed by atoms with van der Waals surface area (Å²) in [6.45, 7) is 8.11. The maximum absolute atomic E-state index is 10.5. The van der Waals surface area contributed by atoms with E-state index in [0.717, 1.165) is 12.3 Å². The first-order valence-corrected chi connectivity index (χ1v) is 4.78. The van der Waals surface area contributed by atoms with Crippen LogP contribution in [0.5, 0.6) is 0 Å². The molecule has 0 amide bonds. The Balaban J connectivity index is 0. The van der Waals surface area contributed by atoms with Crippen molar-refractivity contribution in [3.8, 4) is 0 Å². The highest BCUT2D eigenvalue weighted by molar-refractivity contribution is 5.86. The third-order valence-corrected chi connectivity index (χ3v) is 1.29. The molecule has 0 aromatic rings. The molecule has 0 fully saturated rings. The van der Waals surface area contributed by atoms with E-state index in [1.807, 2.05) is 0 Å². The van der Waals surface area contributed by atoms with Gasteiger partial charge < -0.3 is 14.6 Å². The van der Waals surface area contributed by atoms with Gasteiger partial charge >= 0.3 is 17.9 Å². The molecule has 18 heavy (non-hydrogen) atoms. The van der Waals surface area contributed by atoms with Gasteiger partial charge in [-0.2, -0.15) is 0 Å². The van der Waals surface area contributed by atoms with Gasteiger partial charge in [-0.3, -0.25) is 4.79 Å². The molecule has 0 saturated heterocycles. The van der Waals surface area contributed by atoms with Crippen LogP contribution in [0.15, 0.2) is 37.1 Å². The summed E-state index contributed by atoms with van der Waals surface area (Å²) in [5, 5.41) is 8.10. The number of esters is 2. The van der Waals surface area contributed by atoms with Gasteiger partial charge in [0.25, 0.3) is 0 Å². The Hall–Kier alpha value is -2.37. The summed E-state index contributed by atoms with van der Waals surface area (Å²) >= 11 is 0. The molecule has 0 atom stereocenters. The van der Waals surface area contributed by atoms with Crippen molar-refractivity contribution in [2.24, 2.45) is 0 Å². The number of rotatable bonds is 5. The number of carboxylic acid groups (broad SMARTS) is 1. The SMILES string of the molecule is C=C(C)C(=O)OC.C=COC(=O)CC=CC(=O)O. The molecule has 0 saturated carbocycles. The molecule has 100 valence electrons. The van der Waals surface area contributed by atoms with Gasteiger partial charge in [0, 0.05) is 11.6 Å². The Morgan fingerprint density at radius 2 is 1.89 bits per heavy atom. The van der Waals surface area contributed by atoms with Crippen LogP contribution in [0.3, 0.4) is 0 Å². The highest BCUT2D eigenvalue weighted by Crippen LogP contribution is 1.88. The minimum Gasteiger partial charge on any atom is -0.478 e. The van der Waals surface area contributed by atoms with E-state index in [2.05, 4.69) is 22.6 Å². The average molecular weight is 256 g/mol. The fourth-order valence-electron chi connectivity index (χ4n) is 0.571. The number of aliphatic carboxylic acids is 1. The Kier molecular flexibility index (Phi) is 11.1. The second kappa shape index (κ2) is 11.1. The quantitative estimate of drug-likeness (QED) is 0.454. The Morgan fingerprint density at radius 1 is 1.33 bits per heavy atom. The molecule has 6 nitrogen and oxygen atoms in total. The normalized spacial score (nSPS) is 8.78. The van der Waals surface area contributed by atoms with E-state index in [4.69, 9.17) is 5.11 Å². The molecule has 0 radical (unpaired) electrons. The first-order chi connectivity index (χ1) is 8.34. The molecule has 1 N–H and O–H groups in total. The molecule has 0 unspecified atom stereocenters. The first kappa shape index (κ1) is 18.0. The van der Waals surface area contributed by atoms with Crippen LogP contribution >= 0.6 is 0 Å². The Bertz CT molecular complexity index is 354. The van der Waals surface area contributed by atoms with Crippen molar-refractivity contribution in [1.29, 1.82) is 0 Å². The van der Waals surface area contributed by atoms with E-state index >= 15 is 0 Å². The molecular formula is C12H16O6. The summed E-state index contributed by atoms with van der Waals surface area (Å²) in [5.41, 5.74) is 0.433. The standard InChI is InChI=1S/C7H8O4.C5H8O2/c1-2-11-7(10)5-3-4-6(8)9;1-4(2)5(6)7-3/h2-4H,1,5H2,(H,8,9);1H2,2-3H3. The van der Waals surface area contributed by atoms with Gasteiger partial charge in [0.1, 0.15) is 0 Å². The minimum absolute atomic E-state index is 0.0572. The van der Waals surface area contributed by atoms with Crippen LogP contribution in [-0.4, -0.2) is 30.1 Å². The molecular weight excluding hydrogens is 240 g/mol. The molecule has 0 aromatic heterocycles. The van der Waals surface area contributed by atoms with Gasteiger partial charge in [0.15, 0.2) is 0 Å². The third-order valence-electron chi connectivity index (χ3n) is 1.29. The van der Waals surface area contributed by atoms with Gasteiger partial charge in [-0.05, 0) is 6.92 Å². The van der Waals surface area contributed by atoms with Gasteiger partial charge in [0.2, 0.25) is 0 Å². The van der Waals surface area contributed by atoms with E-state index in [9.17, 15) is 14.4 Å². The smallest absolute Gasteiger partial charge is 0.332 e. The second-order valence-electron chi connectivity index (χ2n) is 2.87. The zero-order valence-electron chi connectivity index (χ0n) is 10.3. The van der Waals surface area contributed by atoms with Crippen LogP contribution in [0.25, 0.3) is 0 Å². The molecule has 6 heteroatoms. The number of carbonyl (C=O) groups excluding carboxylic acids is 2. The fraction of sp³-hybridized carbons (Fsp3) is 0.250. The van der Waals surface area contributed by atoms with E-state index in [1.165, 1.54) is 13.2 Å². The van der Waals surface area contributed by atoms with Crippen molar-refractivity contribution in [3.05, 3.63) is 37.1 Å². The highest BCUT2D eigenvalue weighted by Gasteiger charge is 1.96. The van der Waals surface area contributed by atoms with Crippen LogP contribution in [0.4, 0.5) is 0 Å². The van der Waals surface area contributed by atoms with Crippen LogP contribution in [0.2, 0.25) is 0 Å². The van der Waals surface area contributed by atoms with Crippen molar-refractivity contribution in [2.75, 3.05) is 7.11 Å². The molecule has 0 aliphatic rings. The fourth-order valence-corrected chi connectivity index (χ4v) is 0.571. The first-order valence-electron chi connectivity index (χ1n) is 4.78. The Morgan fingerprint density at radius 3 is 2.17 bits per heavy atom. The van der Waals surface area contributed by atoms with Crippen molar-refractivity contribution in [3.63, 3.8) is 0 Å². The molecule has 0 aromatic carbocycles. The number of carbonyl (C=O) groups is 3. The largest absolute Gasteiger partial charge is 0.478 e. The predicted octanol–water partition coefficient (Wildman–Crippen LogP) is 1.44. The predicted molar refractivity (Wildman–Crippen MR) is 64.5 cm³/mol. The lowest BCUT2D eigenvalue weighted by atomic mass is 10.4. The van der Waals surface area contributed by atoms with Gasteiger partial charge in [-0.25, -0.2) is 9.59 Å². The van der Waals surface area contributed by atoms with Crippen molar-refractivity contribution in [2.45, 2.75) is 13.3 Å². The summed E-state index contributed by atoms with van der Waals surface area (Å²) < 4.78 is 8.58. The molecule has 0 aliphatic carbocycles. The summed E-state index contributed by atoms with van der Waals surface area (Å²) in [6, 6.07) is 0. The summed E-state index contributed by atoms with van der Waals surface area (Å²) in [7, 11) is 1.33. The second-order valence-corrected chi connectivity index (χ2v) is 2.87. The summed E-state index contributed by atoms with van der Waals surface area (Å²) in [6.07, 6.45) is 3.02. The zero-order chi connectivity index (χ0) is 14.6. The Labute approximate surface area is 105 Å². The van der Waals surface area contributed by atoms with Crippen LogP contribution < -0.4 is 0 Å². The van der Waals surface area contributed by atoms with Crippen LogP contribution in [-0.2, 0) is 23.9 Å². The van der Waals surface area contributed by atoms with Gasteiger partial charge in [0.05, 0.1) is 19.8 Å². The number of methoxy groups -OCH3 is 1. The monoisotopic (exact) mass is 256 g/mol. The number of ether oxygens (including phenoxy) is 2. The van der Waals surface area contributed by atoms with Gasteiger partial charge in [-0.15, -0.1) is 0 Å². The molecule has 0 spiro atoms. The van der Waals surface area contributed by atoms with E-state index in [0.29, 0.717) is 5.57 Å². The molecule has 0 bridgehead atoms. The molecule has 0 heterocycles. The van der Waals surface area contributed by atoms with E-state index in [-0.39, 0.29) is 12.4 Å². The zero-order valence-corrected chi connectivity index (χ0v) is 10.3. The third kappa shape index (κ3) is 13.6. The average Bonchev–Trinajstić information content (AvgIpc) is 2.28. The lowest BCUT2D eigenvalue weighted by molar-refractivity contribution is -0.137. The lowest BCUT2D eigenvalue weighted by Gasteiger charge is -1.91. The molecule has 0 rings (SSSR count). The number of carboxylic acids is 1. The topological polar surface area (TPSA) is 89.9 Å². The number of hydrogen-bond acceptors (Lipinski definition) is 5. The van der Waals surface area contributed by atoms with Crippen LogP contribution in [0.1, 0.15) is 13.3 Å². The van der Waals surface area contributed by atoms with Gasteiger partial charge in [-0.1, -0.05) is 19.2 Å². The van der Waals surface area contributed by atoms with E-state index in [1.54, 1.807) is 6.92 Å². The maximum atomic E-state index is 10.5. The van der Waals surface area contributed by atoms with Crippen molar-refractivity contribution >= 4 is 17.9 Å². The van der Waals surface area contributed by atoms with Crippen molar-refractivity contribution in [1.82, 2.24) is 0 Å². The summed E-state index contributed by atoms with van der Waals surface area (Å²) in [4.78, 5) is 30.6. The summed E-state index contributed by atoms with van der Waals surface area (Å²) in [5.74, 6) is -1.96. The molecule has 0 aliphatic heterocycles. The van der Waals surface area contributed by atoms with E-state index < -0.39 is 11.9 Å². The highest BCUT2D eigenvalue weighted by atomic mass is 16.5. The minimum atomic E-state index is -1.09. The lowest BCUT2D eigenvalue weighted by Crippen LogP contribution is -1.98. The number of hydrogen-bond donors (Lipinski definition) is 1. The van der Waals surface area contributed by atoms with Crippen LogP contribution in [0, 0.1) is 0 Å². The van der Waals surface area contributed by atoms with Crippen molar-refractivity contribution < 1.29 is 29.0 Å². The maximum Gasteiger partial charge on any atom is 0.332 e.